The van der Waals surface area contributed by atoms with E-state index in [0.717, 1.165) is 25.9 Å². The summed E-state index contributed by atoms with van der Waals surface area (Å²) in [6.45, 7) is 4.90. The van der Waals surface area contributed by atoms with Crippen LogP contribution in [0.2, 0.25) is 0 Å². The first kappa shape index (κ1) is 17.3. The van der Waals surface area contributed by atoms with E-state index in [-0.39, 0.29) is 12.1 Å². The van der Waals surface area contributed by atoms with E-state index in [9.17, 15) is 4.79 Å². The van der Waals surface area contributed by atoms with Gasteiger partial charge in [-0.3, -0.25) is 10.00 Å². The molecule has 1 aliphatic heterocycles. The van der Waals surface area contributed by atoms with E-state index in [1.54, 1.807) is 15.6 Å². The highest BCUT2D eigenvalue weighted by Gasteiger charge is 2.30. The number of amides is 2. The second kappa shape index (κ2) is 7.97. The minimum absolute atomic E-state index is 0.117. The number of nitrogens with zero attached hydrogens (tertiary/aromatic N) is 5. The van der Waals surface area contributed by atoms with Gasteiger partial charge in [-0.1, -0.05) is 6.92 Å². The van der Waals surface area contributed by atoms with Gasteiger partial charge in [0.15, 0.2) is 5.82 Å². The molecule has 0 unspecified atom stereocenters. The van der Waals surface area contributed by atoms with Crippen molar-refractivity contribution >= 4 is 11.8 Å². The molecular weight excluding hydrogens is 292 g/mol. The molecule has 0 saturated carbocycles. The molecule has 0 spiro atoms. The van der Waals surface area contributed by atoms with Gasteiger partial charge >= 0.3 is 6.03 Å². The van der Waals surface area contributed by atoms with Crippen molar-refractivity contribution in [1.29, 1.82) is 5.26 Å². The van der Waals surface area contributed by atoms with Crippen molar-refractivity contribution in [3.8, 4) is 6.07 Å². The summed E-state index contributed by atoms with van der Waals surface area (Å²) in [5.41, 5.74) is 0. The normalized spacial score (nSPS) is 21.7. The first-order valence-corrected chi connectivity index (χ1v) is 8.14. The van der Waals surface area contributed by atoms with Crippen molar-refractivity contribution in [1.82, 2.24) is 19.6 Å². The van der Waals surface area contributed by atoms with Gasteiger partial charge in [0, 0.05) is 44.9 Å². The average molecular weight is 318 g/mol. The van der Waals surface area contributed by atoms with Crippen molar-refractivity contribution in [3.05, 3.63) is 12.3 Å². The predicted octanol–water partition coefficient (Wildman–Crippen LogP) is 1.99. The number of aromatic nitrogens is 2. The number of unbranched alkanes of at least 4 members (excludes halogenated alkanes) is 1. The largest absolute Gasteiger partial charge is 0.324 e. The average Bonchev–Trinajstić information content (AvgIpc) is 2.94. The molecule has 126 valence electrons. The number of carbonyl (C=O) groups excluding carboxylic acids is 1. The summed E-state index contributed by atoms with van der Waals surface area (Å²) in [6, 6.07) is 4.04. The number of piperidine rings is 1. The van der Waals surface area contributed by atoms with E-state index in [0.29, 0.717) is 24.7 Å². The van der Waals surface area contributed by atoms with Gasteiger partial charge in [-0.05, 0) is 32.4 Å². The van der Waals surface area contributed by atoms with Crippen molar-refractivity contribution in [2.24, 2.45) is 5.92 Å². The molecule has 1 N–H and O–H groups in total. The highest BCUT2D eigenvalue weighted by molar-refractivity contribution is 5.88. The Morgan fingerprint density at radius 1 is 1.61 bits per heavy atom. The molecular formula is C16H26N6O. The molecule has 23 heavy (non-hydrogen) atoms. The molecule has 2 atom stereocenters. The molecule has 0 aromatic carbocycles. The van der Waals surface area contributed by atoms with Crippen LogP contribution in [-0.4, -0.2) is 58.8 Å². The lowest BCUT2D eigenvalue weighted by Crippen LogP contribution is -2.50. The number of rotatable bonds is 5. The van der Waals surface area contributed by atoms with Gasteiger partial charge in [0.1, 0.15) is 0 Å². The molecule has 2 amide bonds. The number of hydrogen-bond acceptors (Lipinski definition) is 4. The minimum atomic E-state index is -0.117. The smallest absolute Gasteiger partial charge is 0.323 e. The number of nitrogens with one attached hydrogen (secondary N) is 1. The monoisotopic (exact) mass is 318 g/mol. The second-order valence-electron chi connectivity index (χ2n) is 6.36. The van der Waals surface area contributed by atoms with Crippen molar-refractivity contribution in [2.45, 2.75) is 38.8 Å². The lowest BCUT2D eigenvalue weighted by Gasteiger charge is -2.39. The number of aryl methyl sites for hydroxylation is 1. The Kier molecular flexibility index (Phi) is 5.99. The van der Waals surface area contributed by atoms with Crippen LogP contribution in [0.3, 0.4) is 0 Å². The molecule has 1 fully saturated rings. The standard InChI is InChI=1S/C16H26N6O/c1-13-12-20(2)10-6-14(13)21(3)16(23)18-15-7-11-22(19-15)9-5-4-8-17/h7,11,13-14H,4-6,9-10,12H2,1-3H3,(H,18,19,23)/t13-,14+/m1/s1. The summed E-state index contributed by atoms with van der Waals surface area (Å²) in [5, 5.41) is 15.7. The van der Waals surface area contributed by atoms with Crippen LogP contribution in [0.5, 0.6) is 0 Å². The summed E-state index contributed by atoms with van der Waals surface area (Å²) in [4.78, 5) is 16.5. The van der Waals surface area contributed by atoms with Gasteiger partial charge in [0.05, 0.1) is 6.07 Å². The maximum absolute atomic E-state index is 12.4. The van der Waals surface area contributed by atoms with Crippen LogP contribution in [0.4, 0.5) is 10.6 Å². The van der Waals surface area contributed by atoms with Crippen LogP contribution in [0, 0.1) is 17.2 Å². The lowest BCUT2D eigenvalue weighted by molar-refractivity contribution is 0.113. The van der Waals surface area contributed by atoms with Gasteiger partial charge < -0.3 is 9.80 Å². The van der Waals surface area contributed by atoms with E-state index in [2.05, 4.69) is 35.4 Å². The van der Waals surface area contributed by atoms with E-state index in [1.807, 2.05) is 13.2 Å². The third kappa shape index (κ3) is 4.70. The van der Waals surface area contributed by atoms with E-state index < -0.39 is 0 Å². The quantitative estimate of drug-likeness (QED) is 0.842. The molecule has 1 aliphatic rings. The molecule has 2 rings (SSSR count). The van der Waals surface area contributed by atoms with Crippen molar-refractivity contribution in [3.63, 3.8) is 0 Å². The van der Waals surface area contributed by atoms with Crippen LogP contribution < -0.4 is 5.32 Å². The molecule has 7 heteroatoms. The van der Waals surface area contributed by atoms with E-state index >= 15 is 0 Å². The summed E-state index contributed by atoms with van der Waals surface area (Å²) in [7, 11) is 3.97. The maximum atomic E-state index is 12.4. The van der Waals surface area contributed by atoms with Gasteiger partial charge in [-0.25, -0.2) is 4.79 Å². The van der Waals surface area contributed by atoms with Crippen LogP contribution in [0.25, 0.3) is 0 Å². The first-order chi connectivity index (χ1) is 11.0. The maximum Gasteiger partial charge on any atom is 0.323 e. The molecule has 7 nitrogen and oxygen atoms in total. The topological polar surface area (TPSA) is 77.2 Å². The predicted molar refractivity (Wildman–Crippen MR) is 88.9 cm³/mol. The fraction of sp³-hybridized carbons (Fsp3) is 0.688. The number of anilines is 1. The van der Waals surface area contributed by atoms with Crippen LogP contribution in [0.1, 0.15) is 26.2 Å². The number of likely N-dealkylation sites (tertiary alicyclic amines) is 1. The zero-order chi connectivity index (χ0) is 16.8. The molecule has 1 saturated heterocycles. The Morgan fingerprint density at radius 2 is 2.39 bits per heavy atom. The van der Waals surface area contributed by atoms with Crippen LogP contribution in [-0.2, 0) is 6.54 Å². The zero-order valence-electron chi connectivity index (χ0n) is 14.2. The first-order valence-electron chi connectivity index (χ1n) is 8.14. The van der Waals surface area contributed by atoms with Crippen LogP contribution >= 0.6 is 0 Å². The third-order valence-electron chi connectivity index (χ3n) is 4.43. The molecule has 1 aromatic heterocycles. The number of hydrogen-bond donors (Lipinski definition) is 1. The Morgan fingerprint density at radius 3 is 3.09 bits per heavy atom. The minimum Gasteiger partial charge on any atom is -0.324 e. The highest BCUT2D eigenvalue weighted by Crippen LogP contribution is 2.21. The van der Waals surface area contributed by atoms with Crippen molar-refractivity contribution in [2.75, 3.05) is 32.5 Å². The van der Waals surface area contributed by atoms with Gasteiger partial charge in [-0.2, -0.15) is 10.4 Å². The van der Waals surface area contributed by atoms with Gasteiger partial charge in [-0.15, -0.1) is 0 Å². The fourth-order valence-electron chi connectivity index (χ4n) is 3.14. The Labute approximate surface area is 137 Å². The Hall–Kier alpha value is -2.07. The van der Waals surface area contributed by atoms with Gasteiger partial charge in [0.25, 0.3) is 0 Å². The third-order valence-corrected chi connectivity index (χ3v) is 4.43. The summed E-state index contributed by atoms with van der Waals surface area (Å²) in [5.74, 6) is 1.01. The molecule has 0 bridgehead atoms. The molecule has 1 aromatic rings. The SMILES string of the molecule is C[C@@H]1CN(C)CC[C@@H]1N(C)C(=O)Nc1ccn(CCCC#N)n1. The van der Waals surface area contributed by atoms with E-state index in [1.165, 1.54) is 0 Å². The molecule has 0 aliphatic carbocycles. The fourth-order valence-corrected chi connectivity index (χ4v) is 3.14. The number of urea groups is 1. The summed E-state index contributed by atoms with van der Waals surface area (Å²) < 4.78 is 1.76. The Bertz CT molecular complexity index is 563. The second-order valence-corrected chi connectivity index (χ2v) is 6.36. The van der Waals surface area contributed by atoms with Crippen molar-refractivity contribution < 1.29 is 4.79 Å². The summed E-state index contributed by atoms with van der Waals surface area (Å²) in [6.07, 6.45) is 4.09. The Balaban J connectivity index is 1.87. The van der Waals surface area contributed by atoms with E-state index in [4.69, 9.17) is 5.26 Å². The van der Waals surface area contributed by atoms with Crippen LogP contribution in [0.15, 0.2) is 12.3 Å². The highest BCUT2D eigenvalue weighted by atomic mass is 16.2. The number of carbonyl (C=O) groups is 1. The van der Waals surface area contributed by atoms with Gasteiger partial charge in [0.2, 0.25) is 0 Å². The summed E-state index contributed by atoms with van der Waals surface area (Å²) >= 11 is 0. The number of nitriles is 1. The molecule has 2 heterocycles. The lowest BCUT2D eigenvalue weighted by atomic mass is 9.93. The molecule has 0 radical (unpaired) electrons. The zero-order valence-corrected chi connectivity index (χ0v) is 14.2.